The van der Waals surface area contributed by atoms with Crippen molar-refractivity contribution in [1.82, 2.24) is 15.1 Å². The molecule has 4 heteroatoms. The summed E-state index contributed by atoms with van der Waals surface area (Å²) in [5.74, 6) is 0.212. The Morgan fingerprint density at radius 3 is 2.62 bits per heavy atom. The van der Waals surface area contributed by atoms with Crippen LogP contribution in [0.4, 0.5) is 0 Å². The van der Waals surface area contributed by atoms with E-state index in [-0.39, 0.29) is 5.91 Å². The van der Waals surface area contributed by atoms with Crippen LogP contribution in [-0.2, 0) is 4.79 Å². The number of nitrogens with zero attached hydrogens (tertiary/aromatic N) is 2. The normalized spacial score (nSPS) is 21.1. The van der Waals surface area contributed by atoms with Crippen LogP contribution in [0.2, 0.25) is 0 Å². The quantitative estimate of drug-likeness (QED) is 0.744. The Labute approximate surface area is 99.0 Å². The number of carbonyl (C=O) groups excluding carboxylic acids is 1. The zero-order chi connectivity index (χ0) is 12.0. The lowest BCUT2D eigenvalue weighted by Crippen LogP contribution is -2.43. The van der Waals surface area contributed by atoms with Crippen LogP contribution in [-0.4, -0.2) is 62.5 Å². The second kappa shape index (κ2) is 6.86. The largest absolute Gasteiger partial charge is 0.349 e. The summed E-state index contributed by atoms with van der Waals surface area (Å²) >= 11 is 0. The second-order valence-electron chi connectivity index (χ2n) is 4.95. The summed E-state index contributed by atoms with van der Waals surface area (Å²) in [5, 5.41) is 3.52. The van der Waals surface area contributed by atoms with Gasteiger partial charge in [0.15, 0.2) is 0 Å². The van der Waals surface area contributed by atoms with Crippen LogP contribution in [0.3, 0.4) is 0 Å². The lowest BCUT2D eigenvalue weighted by Gasteiger charge is -2.28. The van der Waals surface area contributed by atoms with E-state index in [2.05, 4.69) is 17.3 Å². The first kappa shape index (κ1) is 13.5. The summed E-state index contributed by atoms with van der Waals surface area (Å²) in [4.78, 5) is 15.3. The van der Waals surface area contributed by atoms with Gasteiger partial charge in [0.05, 0.1) is 0 Å². The molecule has 0 bridgehead atoms. The zero-order valence-electron chi connectivity index (χ0n) is 10.8. The molecule has 1 unspecified atom stereocenters. The van der Waals surface area contributed by atoms with Gasteiger partial charge in [0, 0.05) is 39.6 Å². The molecule has 0 aliphatic carbocycles. The van der Waals surface area contributed by atoms with Gasteiger partial charge in [-0.2, -0.15) is 0 Å². The first-order chi connectivity index (χ1) is 7.59. The van der Waals surface area contributed by atoms with E-state index in [4.69, 9.17) is 0 Å². The number of amides is 1. The molecule has 1 aliphatic rings. The van der Waals surface area contributed by atoms with Crippen molar-refractivity contribution in [1.29, 1.82) is 0 Å². The maximum atomic E-state index is 11.4. The fraction of sp³-hybridized carbons (Fsp3) is 0.917. The maximum Gasteiger partial charge on any atom is 0.223 e. The van der Waals surface area contributed by atoms with E-state index in [1.54, 1.807) is 4.90 Å². The molecule has 16 heavy (non-hydrogen) atoms. The van der Waals surface area contributed by atoms with Crippen LogP contribution in [0.5, 0.6) is 0 Å². The minimum Gasteiger partial charge on any atom is -0.349 e. The van der Waals surface area contributed by atoms with Crippen LogP contribution in [0.25, 0.3) is 0 Å². The maximum absolute atomic E-state index is 11.4. The number of likely N-dealkylation sites (N-methyl/N-ethyl adjacent to an activating group) is 1. The van der Waals surface area contributed by atoms with Crippen LogP contribution in [0.15, 0.2) is 0 Å². The van der Waals surface area contributed by atoms with Gasteiger partial charge in [-0.05, 0) is 26.4 Å². The molecule has 1 N–H and O–H groups in total. The van der Waals surface area contributed by atoms with Gasteiger partial charge in [0.25, 0.3) is 0 Å². The Morgan fingerprint density at radius 1 is 1.31 bits per heavy atom. The topological polar surface area (TPSA) is 35.6 Å². The van der Waals surface area contributed by atoms with Gasteiger partial charge in [-0.15, -0.1) is 0 Å². The highest BCUT2D eigenvalue weighted by molar-refractivity contribution is 5.75. The third-order valence-corrected chi connectivity index (χ3v) is 3.15. The average molecular weight is 227 g/mol. The fourth-order valence-electron chi connectivity index (χ4n) is 2.06. The Balaban J connectivity index is 2.14. The first-order valence-electron chi connectivity index (χ1n) is 6.21. The predicted molar refractivity (Wildman–Crippen MR) is 66.4 cm³/mol. The third-order valence-electron chi connectivity index (χ3n) is 3.15. The fourth-order valence-corrected chi connectivity index (χ4v) is 2.06. The van der Waals surface area contributed by atoms with Gasteiger partial charge < -0.3 is 15.1 Å². The van der Waals surface area contributed by atoms with Crippen molar-refractivity contribution in [2.45, 2.75) is 31.7 Å². The highest BCUT2D eigenvalue weighted by Crippen LogP contribution is 2.07. The molecule has 1 saturated heterocycles. The monoisotopic (exact) mass is 227 g/mol. The molecule has 0 aromatic heterocycles. The van der Waals surface area contributed by atoms with Crippen molar-refractivity contribution in [3.05, 3.63) is 0 Å². The number of hydrogen-bond donors (Lipinski definition) is 1. The zero-order valence-corrected chi connectivity index (χ0v) is 10.8. The summed E-state index contributed by atoms with van der Waals surface area (Å²) in [7, 11) is 5.72. The van der Waals surface area contributed by atoms with Crippen molar-refractivity contribution in [2.75, 3.05) is 40.8 Å². The third kappa shape index (κ3) is 4.94. The number of carbonyl (C=O) groups is 1. The van der Waals surface area contributed by atoms with Crippen LogP contribution in [0.1, 0.15) is 25.7 Å². The first-order valence-corrected chi connectivity index (χ1v) is 6.21. The SMILES string of the molecule is CN(CCC(=O)N(C)C)CC1CCCCN1. The highest BCUT2D eigenvalue weighted by Gasteiger charge is 2.15. The molecule has 0 spiro atoms. The summed E-state index contributed by atoms with van der Waals surface area (Å²) < 4.78 is 0. The molecule has 1 heterocycles. The van der Waals surface area contributed by atoms with Gasteiger partial charge in [0.1, 0.15) is 0 Å². The number of hydrogen-bond acceptors (Lipinski definition) is 3. The van der Waals surface area contributed by atoms with E-state index in [0.717, 1.165) is 19.6 Å². The molecular formula is C12H25N3O. The molecule has 0 radical (unpaired) electrons. The van der Waals surface area contributed by atoms with Gasteiger partial charge >= 0.3 is 0 Å². The standard InChI is InChI=1S/C12H25N3O/c1-14(2)12(16)7-9-15(3)10-11-6-4-5-8-13-11/h11,13H,4-10H2,1-3H3. The Kier molecular flexibility index (Phi) is 5.77. The summed E-state index contributed by atoms with van der Waals surface area (Å²) in [6, 6.07) is 0.619. The summed E-state index contributed by atoms with van der Waals surface area (Å²) in [5.41, 5.74) is 0. The van der Waals surface area contributed by atoms with E-state index >= 15 is 0 Å². The van der Waals surface area contributed by atoms with Crippen LogP contribution in [0, 0.1) is 0 Å². The average Bonchev–Trinajstić information content (AvgIpc) is 2.27. The molecule has 0 saturated carbocycles. The van der Waals surface area contributed by atoms with Gasteiger partial charge in [-0.1, -0.05) is 6.42 Å². The molecule has 0 aromatic rings. The van der Waals surface area contributed by atoms with Crippen LogP contribution < -0.4 is 5.32 Å². The van der Waals surface area contributed by atoms with Crippen molar-refractivity contribution in [3.63, 3.8) is 0 Å². The minimum absolute atomic E-state index is 0.212. The lowest BCUT2D eigenvalue weighted by atomic mass is 10.0. The Hall–Kier alpha value is -0.610. The summed E-state index contributed by atoms with van der Waals surface area (Å²) in [6.45, 7) is 3.06. The molecule has 0 aromatic carbocycles. The highest BCUT2D eigenvalue weighted by atomic mass is 16.2. The van der Waals surface area contributed by atoms with E-state index in [1.807, 2.05) is 14.1 Å². The summed E-state index contributed by atoms with van der Waals surface area (Å²) in [6.07, 6.45) is 4.53. The van der Waals surface area contributed by atoms with E-state index in [9.17, 15) is 4.79 Å². The van der Waals surface area contributed by atoms with Gasteiger partial charge in [-0.3, -0.25) is 4.79 Å². The van der Waals surface area contributed by atoms with Crippen molar-refractivity contribution >= 4 is 5.91 Å². The molecule has 1 aliphatic heterocycles. The van der Waals surface area contributed by atoms with Crippen molar-refractivity contribution in [3.8, 4) is 0 Å². The molecule has 4 nitrogen and oxygen atoms in total. The van der Waals surface area contributed by atoms with E-state index in [0.29, 0.717) is 12.5 Å². The van der Waals surface area contributed by atoms with E-state index in [1.165, 1.54) is 19.3 Å². The number of nitrogens with one attached hydrogen (secondary N) is 1. The number of rotatable bonds is 5. The number of piperidine rings is 1. The van der Waals surface area contributed by atoms with Crippen LogP contribution >= 0.6 is 0 Å². The van der Waals surface area contributed by atoms with Crippen molar-refractivity contribution < 1.29 is 4.79 Å². The van der Waals surface area contributed by atoms with Gasteiger partial charge in [0.2, 0.25) is 5.91 Å². The molecule has 1 rings (SSSR count). The molecule has 1 atom stereocenters. The smallest absolute Gasteiger partial charge is 0.223 e. The molecule has 1 amide bonds. The predicted octanol–water partition coefficient (Wildman–Crippen LogP) is 0.539. The minimum atomic E-state index is 0.212. The second-order valence-corrected chi connectivity index (χ2v) is 4.95. The molecule has 1 fully saturated rings. The van der Waals surface area contributed by atoms with E-state index < -0.39 is 0 Å². The Bertz CT molecular complexity index is 212. The lowest BCUT2D eigenvalue weighted by molar-refractivity contribution is -0.129. The Morgan fingerprint density at radius 2 is 2.06 bits per heavy atom. The van der Waals surface area contributed by atoms with Crippen molar-refractivity contribution in [2.24, 2.45) is 0 Å². The van der Waals surface area contributed by atoms with Gasteiger partial charge in [-0.25, -0.2) is 0 Å². The molecule has 94 valence electrons. The molecular weight excluding hydrogens is 202 g/mol.